The van der Waals surface area contributed by atoms with Gasteiger partial charge in [0.25, 0.3) is 0 Å². The minimum absolute atomic E-state index is 0.149. The van der Waals surface area contributed by atoms with Gasteiger partial charge in [0.2, 0.25) is 5.91 Å². The Morgan fingerprint density at radius 1 is 1.30 bits per heavy atom. The predicted octanol–water partition coefficient (Wildman–Crippen LogP) is 3.66. The highest BCUT2D eigenvalue weighted by atomic mass is 35.5. The fourth-order valence-electron chi connectivity index (χ4n) is 2.42. The molecule has 1 fully saturated rings. The molecule has 1 aromatic carbocycles. The summed E-state index contributed by atoms with van der Waals surface area (Å²) in [6.45, 7) is 4.57. The second-order valence-corrected chi connectivity index (χ2v) is 6.00. The van der Waals surface area contributed by atoms with E-state index in [1.54, 1.807) is 6.07 Å². The summed E-state index contributed by atoms with van der Waals surface area (Å²) in [6.07, 6.45) is 2.82. The van der Waals surface area contributed by atoms with E-state index in [1.165, 1.54) is 0 Å². The van der Waals surface area contributed by atoms with E-state index in [4.69, 9.17) is 23.2 Å². The number of amides is 1. The number of rotatable bonds is 5. The van der Waals surface area contributed by atoms with Crippen LogP contribution in [0.3, 0.4) is 0 Å². The highest BCUT2D eigenvalue weighted by molar-refractivity contribution is 6.42. The quantitative estimate of drug-likeness (QED) is 0.899. The van der Waals surface area contributed by atoms with Gasteiger partial charge in [0.15, 0.2) is 0 Å². The largest absolute Gasteiger partial charge is 0.343 e. The summed E-state index contributed by atoms with van der Waals surface area (Å²) in [5.41, 5.74) is 1.08. The molecule has 5 heteroatoms. The molecule has 110 valence electrons. The van der Waals surface area contributed by atoms with Crippen molar-refractivity contribution in [1.82, 2.24) is 10.2 Å². The summed E-state index contributed by atoms with van der Waals surface area (Å²) in [5, 5.41) is 4.47. The Kier molecular flexibility index (Phi) is 5.70. The van der Waals surface area contributed by atoms with Gasteiger partial charge in [-0.15, -0.1) is 0 Å². The van der Waals surface area contributed by atoms with Crippen LogP contribution in [0.4, 0.5) is 0 Å². The predicted molar refractivity (Wildman–Crippen MR) is 83.3 cm³/mol. The van der Waals surface area contributed by atoms with Crippen LogP contribution in [0.5, 0.6) is 0 Å². The Morgan fingerprint density at radius 3 is 2.65 bits per heavy atom. The summed E-state index contributed by atoms with van der Waals surface area (Å²) < 4.78 is 0. The standard InChI is InChI=1S/C15H20Cl2N2O/c1-11(12-4-5-13(16)14(17)10-12)18-7-6-15(20)19-8-2-3-9-19/h4-5,10-11,18H,2-3,6-9H2,1H3. The van der Waals surface area contributed by atoms with E-state index in [2.05, 4.69) is 12.2 Å². The van der Waals surface area contributed by atoms with E-state index in [1.807, 2.05) is 17.0 Å². The van der Waals surface area contributed by atoms with Crippen molar-refractivity contribution in [3.05, 3.63) is 33.8 Å². The number of hydrogen-bond donors (Lipinski definition) is 1. The highest BCUT2D eigenvalue weighted by Gasteiger charge is 2.17. The number of nitrogens with one attached hydrogen (secondary N) is 1. The third kappa shape index (κ3) is 4.11. The lowest BCUT2D eigenvalue weighted by molar-refractivity contribution is -0.130. The van der Waals surface area contributed by atoms with Crippen molar-refractivity contribution >= 4 is 29.1 Å². The Balaban J connectivity index is 1.78. The fraction of sp³-hybridized carbons (Fsp3) is 0.533. The smallest absolute Gasteiger partial charge is 0.223 e. The van der Waals surface area contributed by atoms with Crippen LogP contribution in [-0.2, 0) is 4.79 Å². The second-order valence-electron chi connectivity index (χ2n) is 5.19. The molecule has 0 bridgehead atoms. The first-order valence-electron chi connectivity index (χ1n) is 7.04. The molecule has 0 spiro atoms. The molecule has 1 amide bonds. The summed E-state index contributed by atoms with van der Waals surface area (Å²) >= 11 is 11.9. The number of benzene rings is 1. The van der Waals surface area contributed by atoms with Gasteiger partial charge in [0.05, 0.1) is 10.0 Å². The average Bonchev–Trinajstić information content (AvgIpc) is 2.95. The lowest BCUT2D eigenvalue weighted by Gasteiger charge is -2.18. The summed E-state index contributed by atoms with van der Waals surface area (Å²) in [7, 11) is 0. The molecule has 0 radical (unpaired) electrons. The number of nitrogens with zero attached hydrogens (tertiary/aromatic N) is 1. The van der Waals surface area contributed by atoms with Gasteiger partial charge in [0, 0.05) is 32.1 Å². The van der Waals surface area contributed by atoms with E-state index in [0.717, 1.165) is 31.5 Å². The molecule has 0 aromatic heterocycles. The molecule has 1 saturated heterocycles. The molecule has 2 rings (SSSR count). The Morgan fingerprint density at radius 2 is 2.00 bits per heavy atom. The van der Waals surface area contributed by atoms with Crippen LogP contribution in [0.25, 0.3) is 0 Å². The van der Waals surface area contributed by atoms with Crippen LogP contribution < -0.4 is 5.32 Å². The molecule has 1 atom stereocenters. The first-order chi connectivity index (χ1) is 9.58. The number of hydrogen-bond acceptors (Lipinski definition) is 2. The van der Waals surface area contributed by atoms with Gasteiger partial charge in [-0.1, -0.05) is 29.3 Å². The van der Waals surface area contributed by atoms with Crippen molar-refractivity contribution < 1.29 is 4.79 Å². The Bertz CT molecular complexity index is 473. The molecule has 20 heavy (non-hydrogen) atoms. The van der Waals surface area contributed by atoms with E-state index in [9.17, 15) is 4.79 Å². The van der Waals surface area contributed by atoms with Crippen molar-refractivity contribution in [3.8, 4) is 0 Å². The minimum Gasteiger partial charge on any atom is -0.343 e. The molecule has 3 nitrogen and oxygen atoms in total. The first kappa shape index (κ1) is 15.6. The maximum Gasteiger partial charge on any atom is 0.223 e. The maximum absolute atomic E-state index is 11.9. The van der Waals surface area contributed by atoms with Crippen molar-refractivity contribution in [1.29, 1.82) is 0 Å². The molecule has 0 saturated carbocycles. The monoisotopic (exact) mass is 314 g/mol. The topological polar surface area (TPSA) is 32.3 Å². The van der Waals surface area contributed by atoms with Gasteiger partial charge < -0.3 is 10.2 Å². The van der Waals surface area contributed by atoms with Gasteiger partial charge in [-0.05, 0) is 37.5 Å². The minimum atomic E-state index is 0.149. The molecule has 1 heterocycles. The normalized spacial score (nSPS) is 16.4. The van der Waals surface area contributed by atoms with E-state index < -0.39 is 0 Å². The summed E-state index contributed by atoms with van der Waals surface area (Å²) in [5.74, 6) is 0.247. The van der Waals surface area contributed by atoms with Crippen LogP contribution in [0.2, 0.25) is 10.0 Å². The van der Waals surface area contributed by atoms with Crippen LogP contribution >= 0.6 is 23.2 Å². The van der Waals surface area contributed by atoms with Gasteiger partial charge >= 0.3 is 0 Å². The molecule has 1 aliphatic rings. The number of likely N-dealkylation sites (tertiary alicyclic amines) is 1. The number of carbonyl (C=O) groups excluding carboxylic acids is 1. The van der Waals surface area contributed by atoms with Crippen LogP contribution in [-0.4, -0.2) is 30.4 Å². The van der Waals surface area contributed by atoms with Gasteiger partial charge in [-0.25, -0.2) is 0 Å². The second kappa shape index (κ2) is 7.30. The zero-order valence-corrected chi connectivity index (χ0v) is 13.2. The number of carbonyl (C=O) groups is 1. The average molecular weight is 315 g/mol. The fourth-order valence-corrected chi connectivity index (χ4v) is 2.73. The Labute approximate surface area is 130 Å². The zero-order valence-electron chi connectivity index (χ0n) is 11.7. The van der Waals surface area contributed by atoms with Gasteiger partial charge in [-0.3, -0.25) is 4.79 Å². The molecule has 1 unspecified atom stereocenters. The molecule has 1 N–H and O–H groups in total. The molecule has 1 aliphatic heterocycles. The third-order valence-electron chi connectivity index (χ3n) is 3.69. The molecule has 0 aliphatic carbocycles. The maximum atomic E-state index is 11.9. The summed E-state index contributed by atoms with van der Waals surface area (Å²) in [6, 6.07) is 5.77. The SMILES string of the molecule is CC(NCCC(=O)N1CCCC1)c1ccc(Cl)c(Cl)c1. The van der Waals surface area contributed by atoms with Crippen LogP contribution in [0.15, 0.2) is 18.2 Å². The third-order valence-corrected chi connectivity index (χ3v) is 4.43. The lowest BCUT2D eigenvalue weighted by atomic mass is 10.1. The van der Waals surface area contributed by atoms with Gasteiger partial charge in [0.1, 0.15) is 0 Å². The van der Waals surface area contributed by atoms with Gasteiger partial charge in [-0.2, -0.15) is 0 Å². The first-order valence-corrected chi connectivity index (χ1v) is 7.79. The molecular formula is C15H20Cl2N2O. The summed E-state index contributed by atoms with van der Waals surface area (Å²) in [4.78, 5) is 13.9. The highest BCUT2D eigenvalue weighted by Crippen LogP contribution is 2.25. The van der Waals surface area contributed by atoms with Crippen LogP contribution in [0, 0.1) is 0 Å². The van der Waals surface area contributed by atoms with Crippen molar-refractivity contribution in [2.45, 2.75) is 32.2 Å². The van der Waals surface area contributed by atoms with Crippen LogP contribution in [0.1, 0.15) is 37.8 Å². The van der Waals surface area contributed by atoms with E-state index >= 15 is 0 Å². The molecule has 1 aromatic rings. The van der Waals surface area contributed by atoms with Crippen molar-refractivity contribution in [3.63, 3.8) is 0 Å². The van der Waals surface area contributed by atoms with Crippen molar-refractivity contribution in [2.75, 3.05) is 19.6 Å². The van der Waals surface area contributed by atoms with E-state index in [-0.39, 0.29) is 11.9 Å². The Hall–Kier alpha value is -0.770. The van der Waals surface area contributed by atoms with E-state index in [0.29, 0.717) is 23.0 Å². The zero-order chi connectivity index (χ0) is 14.5. The van der Waals surface area contributed by atoms with Crippen molar-refractivity contribution in [2.24, 2.45) is 0 Å². The lowest BCUT2D eigenvalue weighted by Crippen LogP contribution is -2.31. The molecular weight excluding hydrogens is 295 g/mol. The number of halogens is 2.